The molecule has 4 rings (SSSR count). The Bertz CT molecular complexity index is 1290. The van der Waals surface area contributed by atoms with Crippen LogP contribution in [-0.4, -0.2) is 5.43 Å². The first kappa shape index (κ1) is 24.9. The second-order valence-corrected chi connectivity index (χ2v) is 28.0. The molecule has 0 N–H and O–H groups in total. The van der Waals surface area contributed by atoms with E-state index in [2.05, 4.69) is 106 Å². The first-order valence-electron chi connectivity index (χ1n) is 12.4. The van der Waals surface area contributed by atoms with Gasteiger partial charge in [-0.25, -0.2) is 0 Å². The molecule has 0 amide bonds. The first-order valence-corrected chi connectivity index (χ1v) is 21.3. The van der Waals surface area contributed by atoms with Gasteiger partial charge in [-0.1, -0.05) is 0 Å². The maximum atomic E-state index is 2.63. The third kappa shape index (κ3) is 3.71. The molecule has 0 saturated carbocycles. The van der Waals surface area contributed by atoms with Crippen LogP contribution < -0.4 is 0 Å². The van der Waals surface area contributed by atoms with E-state index in [9.17, 15) is 0 Å². The molecule has 0 heterocycles. The Morgan fingerprint density at radius 1 is 0.697 bits per heavy atom. The normalized spacial score (nSPS) is 20.2. The second kappa shape index (κ2) is 9.09. The summed E-state index contributed by atoms with van der Waals surface area (Å²) in [6.07, 6.45) is 0. The van der Waals surface area contributed by atoms with Gasteiger partial charge in [0.05, 0.1) is 0 Å². The molecule has 2 aliphatic rings. The molecule has 2 unspecified atom stereocenters. The number of hydrogen-bond donors (Lipinski definition) is 0. The van der Waals surface area contributed by atoms with E-state index >= 15 is 0 Å². The number of allylic oxidation sites excluding steroid dienone is 5. The quantitative estimate of drug-likeness (QED) is 0.347. The summed E-state index contributed by atoms with van der Waals surface area (Å²) in [4.78, 5) is 0. The molecule has 33 heavy (non-hydrogen) atoms. The Labute approximate surface area is 210 Å². The molecule has 2 atom stereocenters. The van der Waals surface area contributed by atoms with Gasteiger partial charge in [0.1, 0.15) is 0 Å². The molecule has 0 aromatic heterocycles. The van der Waals surface area contributed by atoms with E-state index in [0.29, 0.717) is 9.54 Å². The summed E-state index contributed by atoms with van der Waals surface area (Å²) in [6.45, 7) is 26.9. The third-order valence-corrected chi connectivity index (χ3v) is 27.9. The van der Waals surface area contributed by atoms with Crippen molar-refractivity contribution in [1.29, 1.82) is 0 Å². The fourth-order valence-corrected chi connectivity index (χ4v) is 27.2. The minimum atomic E-state index is -2.04. The predicted molar refractivity (Wildman–Crippen MR) is 144 cm³/mol. The van der Waals surface area contributed by atoms with E-state index in [1.165, 1.54) is 22.3 Å². The topological polar surface area (TPSA) is 0 Å². The zero-order valence-electron chi connectivity index (χ0n) is 22.5. The Morgan fingerprint density at radius 2 is 1.27 bits per heavy atom. The first-order chi connectivity index (χ1) is 15.5. The zero-order chi connectivity index (χ0) is 24.4. The molecule has 0 fully saturated rings. The van der Waals surface area contributed by atoms with Gasteiger partial charge in [-0.15, -0.1) is 0 Å². The van der Waals surface area contributed by atoms with Crippen molar-refractivity contribution in [3.05, 3.63) is 94.8 Å². The van der Waals surface area contributed by atoms with Crippen LogP contribution in [0.2, 0.25) is 13.1 Å². The number of hydrogen-bond acceptors (Lipinski definition) is 0. The average Bonchev–Trinajstić information content (AvgIpc) is 3.19. The van der Waals surface area contributed by atoms with Gasteiger partial charge in [0, 0.05) is 0 Å². The Morgan fingerprint density at radius 3 is 1.79 bits per heavy atom. The van der Waals surface area contributed by atoms with Gasteiger partial charge in [0.2, 0.25) is 0 Å². The van der Waals surface area contributed by atoms with E-state index in [1.54, 1.807) is 44.6 Å². The molecule has 0 spiro atoms. The molecule has 0 nitrogen and oxygen atoms in total. The monoisotopic (exact) mass is 530 g/mol. The van der Waals surface area contributed by atoms with Crippen LogP contribution >= 0.6 is 0 Å². The fraction of sp³-hybridized carbons (Fsp3) is 0.419. The van der Waals surface area contributed by atoms with Crippen LogP contribution in [-0.2, 0) is 20.4 Å². The van der Waals surface area contributed by atoms with Gasteiger partial charge in [-0.2, -0.15) is 0 Å². The Hall–Kier alpha value is -1.24. The van der Waals surface area contributed by atoms with Crippen LogP contribution in [0.4, 0.5) is 0 Å². The Balaban J connectivity index is 2.11. The van der Waals surface area contributed by atoms with Gasteiger partial charge in [0.15, 0.2) is 0 Å². The molecule has 2 aliphatic carbocycles. The van der Waals surface area contributed by atoms with Gasteiger partial charge in [-0.3, -0.25) is 0 Å². The fourth-order valence-electron chi connectivity index (χ4n) is 6.43. The van der Waals surface area contributed by atoms with Gasteiger partial charge < -0.3 is 0 Å². The van der Waals surface area contributed by atoms with Crippen LogP contribution in [0.25, 0.3) is 5.57 Å². The van der Waals surface area contributed by atoms with Crippen molar-refractivity contribution in [2.24, 2.45) is 5.92 Å². The average molecular weight is 532 g/mol. The van der Waals surface area contributed by atoms with Crippen molar-refractivity contribution in [2.75, 3.05) is 0 Å². The molecule has 2 heteroatoms. The maximum absolute atomic E-state index is 2.63. The molecule has 172 valence electrons. The van der Waals surface area contributed by atoms with Crippen molar-refractivity contribution in [1.82, 2.24) is 0 Å². The van der Waals surface area contributed by atoms with Crippen LogP contribution in [0.15, 0.2) is 55.9 Å². The van der Waals surface area contributed by atoms with Crippen LogP contribution in [0.1, 0.15) is 77.2 Å². The number of fused-ring (bicyclic) bond motifs is 1. The minimum absolute atomic E-state index is 0.403. The predicted octanol–water partition coefficient (Wildman–Crippen LogP) is 8.93. The number of benzene rings is 2. The van der Waals surface area contributed by atoms with Gasteiger partial charge in [-0.05, 0) is 0 Å². The number of rotatable bonds is 3. The molecule has 0 aliphatic heterocycles. The summed E-state index contributed by atoms with van der Waals surface area (Å²) in [5.74, 6) is 0.643. The van der Waals surface area contributed by atoms with Crippen LogP contribution in [0.3, 0.4) is 0 Å². The SMILES string of the molecule is CC1=C(C)C(C)[C]([Zr]([CH]2C(C)=C(c3ccccc3)c3c(C)c(C)c(C)c(C)c32)=[Si](C)C)=C1C. The summed E-state index contributed by atoms with van der Waals surface area (Å²) in [5.41, 5.74) is 18.4. The van der Waals surface area contributed by atoms with Gasteiger partial charge >= 0.3 is 211 Å². The van der Waals surface area contributed by atoms with Crippen molar-refractivity contribution in [3.8, 4) is 0 Å². The molecule has 0 saturated heterocycles. The van der Waals surface area contributed by atoms with Gasteiger partial charge in [0.25, 0.3) is 0 Å². The Kier molecular flexibility index (Phi) is 6.85. The standard InChI is InChI=1S/C20H21.C9H13.C2H6Si.Zr/c1-12-11-18-15(4)13(2)14(3)16(5)20(18)19(12)17-9-7-6-8-10-17;1-6-5-7(2)9(4)8(6)3;1-3-2;/h6-11H,1-5H3;6H,1-4H3;1-2H3;. The molecular formula is C31H40SiZr. The second-order valence-electron chi connectivity index (χ2n) is 10.6. The summed E-state index contributed by atoms with van der Waals surface area (Å²) in [7, 11) is 0. The molecule has 0 bridgehead atoms. The van der Waals surface area contributed by atoms with E-state index in [1.807, 2.05) is 3.28 Å². The zero-order valence-corrected chi connectivity index (χ0v) is 26.0. The van der Waals surface area contributed by atoms with Crippen LogP contribution in [0, 0.1) is 33.6 Å². The summed E-state index contributed by atoms with van der Waals surface area (Å²) < 4.78 is 2.59. The van der Waals surface area contributed by atoms with Crippen molar-refractivity contribution >= 4 is 11.0 Å². The van der Waals surface area contributed by atoms with Crippen molar-refractivity contribution in [2.45, 2.75) is 79.0 Å². The van der Waals surface area contributed by atoms with E-state index in [0.717, 1.165) is 0 Å². The molecular weight excluding hydrogens is 492 g/mol. The van der Waals surface area contributed by atoms with E-state index < -0.39 is 25.8 Å². The van der Waals surface area contributed by atoms with Crippen LogP contribution in [0.5, 0.6) is 0 Å². The van der Waals surface area contributed by atoms with E-state index in [4.69, 9.17) is 0 Å². The summed E-state index contributed by atoms with van der Waals surface area (Å²) >= 11 is -2.04. The van der Waals surface area contributed by atoms with E-state index in [-0.39, 0.29) is 0 Å². The molecule has 2 aromatic rings. The summed E-state index contributed by atoms with van der Waals surface area (Å²) in [6, 6.07) is 11.2. The summed E-state index contributed by atoms with van der Waals surface area (Å²) in [5, 5.41) is 0. The molecule has 0 radical (unpaired) electrons. The van der Waals surface area contributed by atoms with Crippen molar-refractivity contribution in [3.63, 3.8) is 0 Å². The van der Waals surface area contributed by atoms with Crippen molar-refractivity contribution < 1.29 is 20.4 Å². The molecule has 2 aromatic carbocycles. The third-order valence-electron chi connectivity index (χ3n) is 8.92.